The van der Waals surface area contributed by atoms with Crippen molar-refractivity contribution in [3.63, 3.8) is 0 Å². The Bertz CT molecular complexity index is 396. The molecule has 1 rings (SSSR count). The van der Waals surface area contributed by atoms with Crippen molar-refractivity contribution in [1.29, 1.82) is 0 Å². The SMILES string of the molecule is COC(=O)C(C)(C)COc1c(F)cccc1F. The smallest absolute Gasteiger partial charge is 0.314 e. The summed E-state index contributed by atoms with van der Waals surface area (Å²) in [7, 11) is 1.24. The van der Waals surface area contributed by atoms with Crippen LogP contribution in [-0.2, 0) is 9.53 Å². The summed E-state index contributed by atoms with van der Waals surface area (Å²) in [5.41, 5.74) is -0.969. The number of carbonyl (C=O) groups excluding carboxylic acids is 1. The van der Waals surface area contributed by atoms with Crippen LogP contribution in [0.4, 0.5) is 8.78 Å². The monoisotopic (exact) mass is 244 g/mol. The fraction of sp³-hybridized carbons (Fsp3) is 0.417. The molecule has 0 fully saturated rings. The molecule has 3 nitrogen and oxygen atoms in total. The van der Waals surface area contributed by atoms with E-state index in [4.69, 9.17) is 4.74 Å². The zero-order chi connectivity index (χ0) is 13.1. The minimum absolute atomic E-state index is 0.169. The summed E-state index contributed by atoms with van der Waals surface area (Å²) in [6.07, 6.45) is 0. The highest BCUT2D eigenvalue weighted by molar-refractivity contribution is 5.75. The molecule has 0 atom stereocenters. The molecule has 1 aromatic rings. The Morgan fingerprint density at radius 1 is 1.29 bits per heavy atom. The van der Waals surface area contributed by atoms with E-state index in [-0.39, 0.29) is 6.61 Å². The van der Waals surface area contributed by atoms with E-state index in [1.54, 1.807) is 13.8 Å². The molecule has 0 saturated carbocycles. The summed E-state index contributed by atoms with van der Waals surface area (Å²) in [6.45, 7) is 2.96. The predicted molar refractivity (Wildman–Crippen MR) is 57.7 cm³/mol. The van der Waals surface area contributed by atoms with Crippen molar-refractivity contribution in [2.24, 2.45) is 5.41 Å². The highest BCUT2D eigenvalue weighted by atomic mass is 19.1. The molecular formula is C12H14F2O3. The van der Waals surface area contributed by atoms with E-state index < -0.39 is 28.8 Å². The van der Waals surface area contributed by atoms with Crippen LogP contribution in [0.2, 0.25) is 0 Å². The number of ether oxygens (including phenoxy) is 2. The van der Waals surface area contributed by atoms with Crippen LogP contribution < -0.4 is 4.74 Å². The van der Waals surface area contributed by atoms with E-state index in [2.05, 4.69) is 4.74 Å². The second-order valence-electron chi connectivity index (χ2n) is 4.21. The van der Waals surface area contributed by atoms with Gasteiger partial charge in [0.25, 0.3) is 0 Å². The number of halogens is 2. The zero-order valence-corrected chi connectivity index (χ0v) is 9.92. The van der Waals surface area contributed by atoms with Crippen molar-refractivity contribution in [2.45, 2.75) is 13.8 Å². The molecule has 0 saturated heterocycles. The maximum atomic E-state index is 13.2. The molecular weight excluding hydrogens is 230 g/mol. The lowest BCUT2D eigenvalue weighted by atomic mass is 9.95. The van der Waals surface area contributed by atoms with Gasteiger partial charge in [-0.25, -0.2) is 8.78 Å². The first-order valence-corrected chi connectivity index (χ1v) is 5.03. The first kappa shape index (κ1) is 13.4. The lowest BCUT2D eigenvalue weighted by molar-refractivity contribution is -0.152. The summed E-state index contributed by atoms with van der Waals surface area (Å²) in [6, 6.07) is 3.41. The number of hydrogen-bond acceptors (Lipinski definition) is 3. The fourth-order valence-corrected chi connectivity index (χ4v) is 1.21. The summed E-state index contributed by atoms with van der Waals surface area (Å²) in [5, 5.41) is 0. The first-order valence-electron chi connectivity index (χ1n) is 5.03. The van der Waals surface area contributed by atoms with E-state index in [0.29, 0.717) is 0 Å². The fourth-order valence-electron chi connectivity index (χ4n) is 1.21. The van der Waals surface area contributed by atoms with Gasteiger partial charge in [0.15, 0.2) is 17.4 Å². The van der Waals surface area contributed by atoms with Gasteiger partial charge in [0.2, 0.25) is 0 Å². The van der Waals surface area contributed by atoms with Crippen molar-refractivity contribution < 1.29 is 23.0 Å². The topological polar surface area (TPSA) is 35.5 Å². The van der Waals surface area contributed by atoms with Gasteiger partial charge in [0, 0.05) is 0 Å². The minimum Gasteiger partial charge on any atom is -0.486 e. The number of carbonyl (C=O) groups is 1. The van der Waals surface area contributed by atoms with Crippen LogP contribution in [-0.4, -0.2) is 19.7 Å². The number of hydrogen-bond donors (Lipinski definition) is 0. The largest absolute Gasteiger partial charge is 0.486 e. The van der Waals surface area contributed by atoms with Gasteiger partial charge in [-0.2, -0.15) is 0 Å². The van der Waals surface area contributed by atoms with Crippen molar-refractivity contribution >= 4 is 5.97 Å². The molecule has 0 radical (unpaired) electrons. The second kappa shape index (κ2) is 5.12. The van der Waals surface area contributed by atoms with Crippen molar-refractivity contribution in [3.05, 3.63) is 29.8 Å². The average molecular weight is 244 g/mol. The predicted octanol–water partition coefficient (Wildman–Crippen LogP) is 2.54. The van der Waals surface area contributed by atoms with Gasteiger partial charge in [-0.15, -0.1) is 0 Å². The minimum atomic E-state index is -0.969. The number of para-hydroxylation sites is 1. The van der Waals surface area contributed by atoms with Crippen LogP contribution in [0.5, 0.6) is 5.75 Å². The molecule has 17 heavy (non-hydrogen) atoms. The summed E-state index contributed by atoms with van der Waals surface area (Å²) >= 11 is 0. The average Bonchev–Trinajstić information content (AvgIpc) is 2.27. The van der Waals surface area contributed by atoms with Gasteiger partial charge in [0.05, 0.1) is 12.5 Å². The van der Waals surface area contributed by atoms with Gasteiger partial charge < -0.3 is 9.47 Å². The Labute approximate surface area is 98.3 Å². The number of methoxy groups -OCH3 is 1. The molecule has 94 valence electrons. The molecule has 0 aliphatic carbocycles. The zero-order valence-electron chi connectivity index (χ0n) is 9.92. The van der Waals surface area contributed by atoms with Gasteiger partial charge in [0.1, 0.15) is 6.61 Å². The van der Waals surface area contributed by atoms with Gasteiger partial charge in [-0.05, 0) is 26.0 Å². The normalized spacial score (nSPS) is 11.1. The molecule has 1 aromatic carbocycles. The molecule has 0 N–H and O–H groups in total. The lowest BCUT2D eigenvalue weighted by Crippen LogP contribution is -2.32. The van der Waals surface area contributed by atoms with Gasteiger partial charge in [-0.3, -0.25) is 4.79 Å². The quantitative estimate of drug-likeness (QED) is 0.763. The van der Waals surface area contributed by atoms with Crippen LogP contribution in [0.15, 0.2) is 18.2 Å². The third-order valence-corrected chi connectivity index (χ3v) is 2.23. The summed E-state index contributed by atoms with van der Waals surface area (Å²) < 4.78 is 36.0. The lowest BCUT2D eigenvalue weighted by Gasteiger charge is -2.21. The van der Waals surface area contributed by atoms with Gasteiger partial charge in [-0.1, -0.05) is 6.07 Å². The third-order valence-electron chi connectivity index (χ3n) is 2.23. The Kier molecular flexibility index (Phi) is 4.04. The first-order chi connectivity index (χ1) is 7.88. The Hall–Kier alpha value is -1.65. The maximum Gasteiger partial charge on any atom is 0.314 e. The van der Waals surface area contributed by atoms with Crippen LogP contribution in [0.25, 0.3) is 0 Å². The van der Waals surface area contributed by atoms with E-state index in [0.717, 1.165) is 12.1 Å². The summed E-state index contributed by atoms with van der Waals surface area (Å²) in [4.78, 5) is 11.3. The second-order valence-corrected chi connectivity index (χ2v) is 4.21. The van der Waals surface area contributed by atoms with Gasteiger partial charge >= 0.3 is 5.97 Å². The maximum absolute atomic E-state index is 13.2. The molecule has 0 aliphatic rings. The van der Waals surface area contributed by atoms with E-state index in [1.165, 1.54) is 13.2 Å². The van der Waals surface area contributed by atoms with Crippen LogP contribution >= 0.6 is 0 Å². The molecule has 0 bridgehead atoms. The van der Waals surface area contributed by atoms with Crippen LogP contribution in [0.3, 0.4) is 0 Å². The number of benzene rings is 1. The van der Waals surface area contributed by atoms with Crippen LogP contribution in [0, 0.1) is 17.0 Å². The van der Waals surface area contributed by atoms with Crippen molar-refractivity contribution in [3.8, 4) is 5.75 Å². The van der Waals surface area contributed by atoms with Crippen molar-refractivity contribution in [1.82, 2.24) is 0 Å². The van der Waals surface area contributed by atoms with E-state index >= 15 is 0 Å². The number of rotatable bonds is 4. The molecule has 0 amide bonds. The van der Waals surface area contributed by atoms with Crippen LogP contribution in [0.1, 0.15) is 13.8 Å². The molecule has 0 aliphatic heterocycles. The number of esters is 1. The standard InChI is InChI=1S/C12H14F2O3/c1-12(2,11(15)16-3)7-17-10-8(13)5-4-6-9(10)14/h4-6H,7H2,1-3H3. The highest BCUT2D eigenvalue weighted by Crippen LogP contribution is 2.24. The van der Waals surface area contributed by atoms with E-state index in [1.807, 2.05) is 0 Å². The molecule has 0 aromatic heterocycles. The van der Waals surface area contributed by atoms with Crippen molar-refractivity contribution in [2.75, 3.05) is 13.7 Å². The molecule has 5 heteroatoms. The third kappa shape index (κ3) is 3.15. The molecule has 0 unspecified atom stereocenters. The Morgan fingerprint density at radius 2 is 1.82 bits per heavy atom. The Morgan fingerprint density at radius 3 is 2.29 bits per heavy atom. The highest BCUT2D eigenvalue weighted by Gasteiger charge is 2.30. The summed E-state index contributed by atoms with van der Waals surface area (Å²) in [5.74, 6) is -2.59. The molecule has 0 heterocycles. The Balaban J connectivity index is 2.77. The van der Waals surface area contributed by atoms with E-state index in [9.17, 15) is 13.6 Å². The molecule has 0 spiro atoms.